The molecule has 1 heterocycles. The predicted octanol–water partition coefficient (Wildman–Crippen LogP) is 0.0267. The van der Waals surface area contributed by atoms with E-state index in [0.29, 0.717) is 12.4 Å². The van der Waals surface area contributed by atoms with Gasteiger partial charge in [-0.05, 0) is 6.92 Å². The number of aryl methyl sites for hydroxylation is 2. The summed E-state index contributed by atoms with van der Waals surface area (Å²) in [5, 5.41) is 0.0781. The standard InChI is InChI=1S/C7H13N3O2S/c1-4-8-13(11,12)7-5-10(3)6(2)9-7/h5,8H,4H2,1-3H3. The molecule has 0 spiro atoms. The smallest absolute Gasteiger partial charge is 0.259 e. The van der Waals surface area contributed by atoms with Crippen molar-refractivity contribution in [1.82, 2.24) is 14.3 Å². The van der Waals surface area contributed by atoms with Gasteiger partial charge < -0.3 is 4.57 Å². The fraction of sp³-hybridized carbons (Fsp3) is 0.571. The highest BCUT2D eigenvalue weighted by atomic mass is 32.2. The maximum absolute atomic E-state index is 11.4. The van der Waals surface area contributed by atoms with Crippen LogP contribution in [0.4, 0.5) is 0 Å². The number of imidazole rings is 1. The molecule has 0 aromatic carbocycles. The van der Waals surface area contributed by atoms with E-state index in [1.165, 1.54) is 6.20 Å². The monoisotopic (exact) mass is 203 g/mol. The topological polar surface area (TPSA) is 64.0 Å². The van der Waals surface area contributed by atoms with Gasteiger partial charge in [0.2, 0.25) is 0 Å². The second kappa shape index (κ2) is 3.47. The van der Waals surface area contributed by atoms with Crippen LogP contribution >= 0.6 is 0 Å². The van der Waals surface area contributed by atoms with Crippen LogP contribution < -0.4 is 4.72 Å². The van der Waals surface area contributed by atoms with Gasteiger partial charge in [-0.25, -0.2) is 18.1 Å². The average Bonchev–Trinajstić information content (AvgIpc) is 2.33. The third-order valence-corrected chi connectivity index (χ3v) is 3.11. The van der Waals surface area contributed by atoms with E-state index in [0.717, 1.165) is 0 Å². The highest BCUT2D eigenvalue weighted by Gasteiger charge is 2.16. The van der Waals surface area contributed by atoms with Crippen molar-refractivity contribution in [3.63, 3.8) is 0 Å². The summed E-state index contributed by atoms with van der Waals surface area (Å²) >= 11 is 0. The molecule has 1 aromatic heterocycles. The quantitative estimate of drug-likeness (QED) is 0.753. The molecule has 0 radical (unpaired) electrons. The van der Waals surface area contributed by atoms with Gasteiger partial charge >= 0.3 is 0 Å². The Morgan fingerprint density at radius 1 is 1.62 bits per heavy atom. The van der Waals surface area contributed by atoms with Gasteiger partial charge in [0.05, 0.1) is 0 Å². The molecule has 13 heavy (non-hydrogen) atoms. The summed E-state index contributed by atoms with van der Waals surface area (Å²) in [5.74, 6) is 0.677. The first-order chi connectivity index (χ1) is 5.97. The number of aromatic nitrogens is 2. The van der Waals surface area contributed by atoms with E-state index in [-0.39, 0.29) is 5.03 Å². The lowest BCUT2D eigenvalue weighted by molar-refractivity contribution is 0.580. The van der Waals surface area contributed by atoms with Crippen molar-refractivity contribution >= 4 is 10.0 Å². The molecular formula is C7H13N3O2S. The zero-order chi connectivity index (χ0) is 10.1. The van der Waals surface area contributed by atoms with Crippen molar-refractivity contribution in [2.75, 3.05) is 6.54 Å². The third kappa shape index (κ3) is 2.07. The molecular weight excluding hydrogens is 190 g/mol. The van der Waals surface area contributed by atoms with Gasteiger partial charge in [0, 0.05) is 19.8 Å². The summed E-state index contributed by atoms with van der Waals surface area (Å²) in [6, 6.07) is 0. The predicted molar refractivity (Wildman–Crippen MR) is 48.8 cm³/mol. The largest absolute Gasteiger partial charge is 0.337 e. The van der Waals surface area contributed by atoms with Crippen molar-refractivity contribution in [1.29, 1.82) is 0 Å². The third-order valence-electron chi connectivity index (χ3n) is 1.70. The van der Waals surface area contributed by atoms with Gasteiger partial charge in [-0.2, -0.15) is 0 Å². The highest BCUT2D eigenvalue weighted by molar-refractivity contribution is 7.89. The van der Waals surface area contributed by atoms with E-state index in [1.54, 1.807) is 25.5 Å². The molecule has 1 aromatic rings. The molecule has 74 valence electrons. The van der Waals surface area contributed by atoms with E-state index in [4.69, 9.17) is 0 Å². The van der Waals surface area contributed by atoms with E-state index in [2.05, 4.69) is 9.71 Å². The summed E-state index contributed by atoms with van der Waals surface area (Å²) in [6.45, 7) is 3.86. The molecule has 5 nitrogen and oxygen atoms in total. The Kier molecular flexibility index (Phi) is 2.72. The van der Waals surface area contributed by atoms with Crippen LogP contribution in [0.15, 0.2) is 11.2 Å². The number of sulfonamides is 1. The van der Waals surface area contributed by atoms with Gasteiger partial charge in [-0.1, -0.05) is 6.92 Å². The Morgan fingerprint density at radius 3 is 2.62 bits per heavy atom. The fourth-order valence-electron chi connectivity index (χ4n) is 0.920. The molecule has 0 aliphatic carbocycles. The zero-order valence-electron chi connectivity index (χ0n) is 7.90. The Hall–Kier alpha value is -0.880. The molecule has 0 atom stereocenters. The van der Waals surface area contributed by atoms with Crippen molar-refractivity contribution in [2.24, 2.45) is 7.05 Å². The van der Waals surface area contributed by atoms with Gasteiger partial charge in [-0.15, -0.1) is 0 Å². The molecule has 1 rings (SSSR count). The summed E-state index contributed by atoms with van der Waals surface area (Å²) in [5.41, 5.74) is 0. The first-order valence-electron chi connectivity index (χ1n) is 3.97. The molecule has 0 unspecified atom stereocenters. The fourth-order valence-corrected chi connectivity index (χ4v) is 2.00. The molecule has 0 saturated heterocycles. The van der Waals surface area contributed by atoms with Crippen LogP contribution in [0, 0.1) is 6.92 Å². The Morgan fingerprint density at radius 2 is 2.23 bits per heavy atom. The van der Waals surface area contributed by atoms with Crippen LogP contribution in [0.2, 0.25) is 0 Å². The lowest BCUT2D eigenvalue weighted by Crippen LogP contribution is -2.23. The molecule has 0 amide bonds. The Bertz CT molecular complexity index is 374. The summed E-state index contributed by atoms with van der Waals surface area (Å²) in [6.07, 6.45) is 1.49. The number of rotatable bonds is 3. The summed E-state index contributed by atoms with van der Waals surface area (Å²) < 4.78 is 26.9. The van der Waals surface area contributed by atoms with Gasteiger partial charge in [0.15, 0.2) is 5.03 Å². The summed E-state index contributed by atoms with van der Waals surface area (Å²) in [4.78, 5) is 3.91. The van der Waals surface area contributed by atoms with E-state index < -0.39 is 10.0 Å². The van der Waals surface area contributed by atoms with Gasteiger partial charge in [0.1, 0.15) is 5.82 Å². The van der Waals surface area contributed by atoms with Crippen LogP contribution in [-0.2, 0) is 17.1 Å². The zero-order valence-corrected chi connectivity index (χ0v) is 8.72. The maximum atomic E-state index is 11.4. The minimum absolute atomic E-state index is 0.0781. The second-order valence-electron chi connectivity index (χ2n) is 2.74. The molecule has 1 N–H and O–H groups in total. The van der Waals surface area contributed by atoms with Crippen molar-refractivity contribution < 1.29 is 8.42 Å². The molecule has 0 aliphatic heterocycles. The number of hydrogen-bond acceptors (Lipinski definition) is 3. The molecule has 0 fully saturated rings. The van der Waals surface area contributed by atoms with E-state index in [9.17, 15) is 8.42 Å². The molecule has 0 saturated carbocycles. The average molecular weight is 203 g/mol. The molecule has 0 bridgehead atoms. The first-order valence-corrected chi connectivity index (χ1v) is 5.45. The van der Waals surface area contributed by atoms with Gasteiger partial charge in [0.25, 0.3) is 10.0 Å². The Balaban J connectivity index is 3.08. The number of nitrogens with one attached hydrogen (secondary N) is 1. The second-order valence-corrected chi connectivity index (χ2v) is 4.45. The van der Waals surface area contributed by atoms with Crippen molar-refractivity contribution in [3.8, 4) is 0 Å². The van der Waals surface area contributed by atoms with Crippen LogP contribution in [0.5, 0.6) is 0 Å². The van der Waals surface area contributed by atoms with Crippen molar-refractivity contribution in [3.05, 3.63) is 12.0 Å². The van der Waals surface area contributed by atoms with E-state index >= 15 is 0 Å². The van der Waals surface area contributed by atoms with Crippen LogP contribution in [0.25, 0.3) is 0 Å². The van der Waals surface area contributed by atoms with Gasteiger partial charge in [-0.3, -0.25) is 0 Å². The minimum Gasteiger partial charge on any atom is -0.337 e. The normalized spacial score (nSPS) is 11.9. The first kappa shape index (κ1) is 10.2. The van der Waals surface area contributed by atoms with Crippen LogP contribution in [0.1, 0.15) is 12.7 Å². The SMILES string of the molecule is CCNS(=O)(=O)c1cn(C)c(C)n1. The minimum atomic E-state index is -3.39. The van der Waals surface area contributed by atoms with E-state index in [1.807, 2.05) is 0 Å². The molecule has 6 heteroatoms. The highest BCUT2D eigenvalue weighted by Crippen LogP contribution is 2.06. The van der Waals surface area contributed by atoms with Crippen LogP contribution in [0.3, 0.4) is 0 Å². The van der Waals surface area contributed by atoms with Crippen molar-refractivity contribution in [2.45, 2.75) is 18.9 Å². The number of hydrogen-bond donors (Lipinski definition) is 1. The summed E-state index contributed by atoms with van der Waals surface area (Å²) in [7, 11) is -1.64. The number of nitrogens with zero attached hydrogens (tertiary/aromatic N) is 2. The molecule has 0 aliphatic rings. The lowest BCUT2D eigenvalue weighted by atomic mass is 10.7. The maximum Gasteiger partial charge on any atom is 0.259 e. The Labute approximate surface area is 77.8 Å². The van der Waals surface area contributed by atoms with Crippen LogP contribution in [-0.4, -0.2) is 24.5 Å². The lowest BCUT2D eigenvalue weighted by Gasteiger charge is -1.98.